The molecular formula is C21H17ClN2O5. The zero-order valence-electron chi connectivity index (χ0n) is 15.6. The van der Waals surface area contributed by atoms with Crippen LogP contribution in [0.1, 0.15) is 11.3 Å². The Morgan fingerprint density at radius 1 is 1.21 bits per heavy atom. The van der Waals surface area contributed by atoms with Crippen LogP contribution in [0.5, 0.6) is 5.75 Å². The van der Waals surface area contributed by atoms with E-state index in [0.29, 0.717) is 22.3 Å². The molecule has 8 heteroatoms. The molecule has 0 saturated heterocycles. The summed E-state index contributed by atoms with van der Waals surface area (Å²) in [7, 11) is 1.40. The molecule has 29 heavy (non-hydrogen) atoms. The number of furan rings is 1. The fraction of sp³-hybridized carbons (Fsp3) is 0.0952. The Bertz CT molecular complexity index is 1100. The summed E-state index contributed by atoms with van der Waals surface area (Å²) in [6.45, 7) is 1.91. The van der Waals surface area contributed by atoms with Crippen LogP contribution in [-0.4, -0.2) is 17.9 Å². The normalized spacial score (nSPS) is 10.9. The fourth-order valence-electron chi connectivity index (χ4n) is 2.57. The third-order valence-corrected chi connectivity index (χ3v) is 4.55. The van der Waals surface area contributed by atoms with E-state index in [1.807, 2.05) is 19.1 Å². The second-order valence-electron chi connectivity index (χ2n) is 6.13. The number of methoxy groups -OCH3 is 1. The molecule has 0 atom stereocenters. The predicted molar refractivity (Wildman–Crippen MR) is 111 cm³/mol. The molecule has 0 aliphatic rings. The SMILES string of the molecule is COc1ccc(NC(=O)/C=C/c2ccc(-c3ccc(C)c(Cl)c3)o2)c([N+](=O)[O-])c1. The van der Waals surface area contributed by atoms with Crippen molar-refractivity contribution >= 4 is 35.0 Å². The van der Waals surface area contributed by atoms with Gasteiger partial charge >= 0.3 is 0 Å². The minimum absolute atomic E-state index is 0.0693. The average molecular weight is 413 g/mol. The number of nitro benzene ring substituents is 1. The van der Waals surface area contributed by atoms with Crippen molar-refractivity contribution in [2.75, 3.05) is 12.4 Å². The Morgan fingerprint density at radius 2 is 2.00 bits per heavy atom. The molecule has 0 spiro atoms. The topological polar surface area (TPSA) is 94.6 Å². The lowest BCUT2D eigenvalue weighted by atomic mass is 10.1. The van der Waals surface area contributed by atoms with Gasteiger partial charge in [0.1, 0.15) is 23.0 Å². The van der Waals surface area contributed by atoms with Crippen molar-refractivity contribution < 1.29 is 18.9 Å². The Hall–Kier alpha value is -3.58. The van der Waals surface area contributed by atoms with Gasteiger partial charge in [0.2, 0.25) is 5.91 Å². The molecule has 1 N–H and O–H groups in total. The van der Waals surface area contributed by atoms with Crippen LogP contribution in [0.4, 0.5) is 11.4 Å². The number of hydrogen-bond donors (Lipinski definition) is 1. The highest BCUT2D eigenvalue weighted by atomic mass is 35.5. The zero-order chi connectivity index (χ0) is 21.0. The van der Waals surface area contributed by atoms with Gasteiger partial charge in [0.05, 0.1) is 18.1 Å². The lowest BCUT2D eigenvalue weighted by Gasteiger charge is -2.05. The number of nitrogens with one attached hydrogen (secondary N) is 1. The number of ether oxygens (including phenoxy) is 1. The van der Waals surface area contributed by atoms with E-state index < -0.39 is 10.8 Å². The monoisotopic (exact) mass is 412 g/mol. The predicted octanol–water partition coefficient (Wildman–Crippen LogP) is 5.48. The smallest absolute Gasteiger partial charge is 0.296 e. The van der Waals surface area contributed by atoms with Crippen LogP contribution in [0.3, 0.4) is 0 Å². The van der Waals surface area contributed by atoms with E-state index in [0.717, 1.165) is 11.1 Å². The molecule has 1 amide bonds. The van der Waals surface area contributed by atoms with Crippen molar-refractivity contribution in [3.05, 3.63) is 81.1 Å². The minimum atomic E-state index is -0.590. The van der Waals surface area contributed by atoms with E-state index in [-0.39, 0.29) is 11.4 Å². The molecule has 0 saturated carbocycles. The number of hydrogen-bond acceptors (Lipinski definition) is 5. The number of rotatable bonds is 6. The third kappa shape index (κ3) is 4.83. The van der Waals surface area contributed by atoms with Crippen molar-refractivity contribution in [3.63, 3.8) is 0 Å². The summed E-state index contributed by atoms with van der Waals surface area (Å²) >= 11 is 6.14. The maximum Gasteiger partial charge on any atom is 0.296 e. The molecule has 148 valence electrons. The summed E-state index contributed by atoms with van der Waals surface area (Å²) in [6, 6.07) is 13.2. The number of halogens is 1. The summed E-state index contributed by atoms with van der Waals surface area (Å²) in [4.78, 5) is 22.8. The summed E-state index contributed by atoms with van der Waals surface area (Å²) < 4.78 is 10.7. The molecule has 3 aromatic rings. The van der Waals surface area contributed by atoms with Crippen molar-refractivity contribution in [1.82, 2.24) is 0 Å². The highest BCUT2D eigenvalue weighted by Gasteiger charge is 2.16. The van der Waals surface area contributed by atoms with E-state index in [1.54, 1.807) is 18.2 Å². The molecule has 7 nitrogen and oxygen atoms in total. The molecule has 0 unspecified atom stereocenters. The van der Waals surface area contributed by atoms with Crippen LogP contribution in [0.15, 0.2) is 59.0 Å². The highest BCUT2D eigenvalue weighted by Crippen LogP contribution is 2.29. The zero-order valence-corrected chi connectivity index (χ0v) is 16.4. The first-order valence-corrected chi connectivity index (χ1v) is 8.93. The van der Waals surface area contributed by atoms with Crippen LogP contribution < -0.4 is 10.1 Å². The molecule has 0 aliphatic carbocycles. The van der Waals surface area contributed by atoms with Gasteiger partial charge in [0.25, 0.3) is 5.69 Å². The molecule has 0 radical (unpaired) electrons. The molecule has 0 bridgehead atoms. The van der Waals surface area contributed by atoms with E-state index in [9.17, 15) is 14.9 Å². The maximum absolute atomic E-state index is 12.2. The largest absolute Gasteiger partial charge is 0.496 e. The van der Waals surface area contributed by atoms with Crippen LogP contribution in [0.25, 0.3) is 17.4 Å². The number of carbonyl (C=O) groups is 1. The second kappa shape index (κ2) is 8.62. The molecule has 1 aromatic heterocycles. The van der Waals surface area contributed by atoms with E-state index in [2.05, 4.69) is 5.32 Å². The van der Waals surface area contributed by atoms with E-state index in [1.165, 1.54) is 37.5 Å². The molecule has 0 fully saturated rings. The lowest BCUT2D eigenvalue weighted by Crippen LogP contribution is -2.09. The van der Waals surface area contributed by atoms with Crippen molar-refractivity contribution in [1.29, 1.82) is 0 Å². The van der Waals surface area contributed by atoms with Gasteiger partial charge in [0, 0.05) is 16.7 Å². The highest BCUT2D eigenvalue weighted by molar-refractivity contribution is 6.31. The first-order chi connectivity index (χ1) is 13.9. The number of carbonyl (C=O) groups excluding carboxylic acids is 1. The average Bonchev–Trinajstić information content (AvgIpc) is 3.17. The van der Waals surface area contributed by atoms with Gasteiger partial charge in [-0.15, -0.1) is 0 Å². The van der Waals surface area contributed by atoms with Crippen LogP contribution >= 0.6 is 11.6 Å². The van der Waals surface area contributed by atoms with Gasteiger partial charge in [-0.2, -0.15) is 0 Å². The quantitative estimate of drug-likeness (QED) is 0.328. The first kappa shape index (κ1) is 20.2. The molecule has 2 aromatic carbocycles. The summed E-state index contributed by atoms with van der Waals surface area (Å²) in [5, 5.41) is 14.3. The van der Waals surface area contributed by atoms with Crippen LogP contribution in [0.2, 0.25) is 5.02 Å². The van der Waals surface area contributed by atoms with E-state index in [4.69, 9.17) is 20.8 Å². The van der Waals surface area contributed by atoms with Gasteiger partial charge in [-0.25, -0.2) is 0 Å². The number of benzene rings is 2. The Morgan fingerprint density at radius 3 is 2.69 bits per heavy atom. The molecular weight excluding hydrogens is 396 g/mol. The number of anilines is 1. The lowest BCUT2D eigenvalue weighted by molar-refractivity contribution is -0.384. The van der Waals surface area contributed by atoms with Crippen LogP contribution in [-0.2, 0) is 4.79 Å². The standard InChI is InChI=1S/C21H17ClN2O5/c1-13-3-4-14(11-17(13)22)20-9-6-15(29-20)7-10-21(25)23-18-8-5-16(28-2)12-19(18)24(26)27/h3-12H,1-2H3,(H,23,25)/b10-7+. The number of aryl methyl sites for hydroxylation is 1. The van der Waals surface area contributed by atoms with Gasteiger partial charge in [-0.3, -0.25) is 14.9 Å². The van der Waals surface area contributed by atoms with Crippen molar-refractivity contribution in [2.24, 2.45) is 0 Å². The minimum Gasteiger partial charge on any atom is -0.496 e. The fourth-order valence-corrected chi connectivity index (χ4v) is 2.75. The number of nitrogens with zero attached hydrogens (tertiary/aromatic N) is 1. The van der Waals surface area contributed by atoms with E-state index >= 15 is 0 Å². The van der Waals surface area contributed by atoms with Crippen LogP contribution in [0, 0.1) is 17.0 Å². The Labute approximate surface area is 171 Å². The second-order valence-corrected chi connectivity index (χ2v) is 6.54. The van der Waals surface area contributed by atoms with Gasteiger partial charge in [0.15, 0.2) is 0 Å². The molecule has 1 heterocycles. The van der Waals surface area contributed by atoms with Gasteiger partial charge < -0.3 is 14.5 Å². The maximum atomic E-state index is 12.2. The Balaban J connectivity index is 1.72. The number of amides is 1. The van der Waals surface area contributed by atoms with Crippen molar-refractivity contribution in [3.8, 4) is 17.1 Å². The van der Waals surface area contributed by atoms with Crippen molar-refractivity contribution in [2.45, 2.75) is 6.92 Å². The molecule has 0 aliphatic heterocycles. The summed E-state index contributed by atoms with van der Waals surface area (Å²) in [5.74, 6) is 0.855. The summed E-state index contributed by atoms with van der Waals surface area (Å²) in [6.07, 6.45) is 2.71. The Kier molecular flexibility index (Phi) is 5.99. The third-order valence-electron chi connectivity index (χ3n) is 4.14. The number of nitro groups is 1. The first-order valence-electron chi connectivity index (χ1n) is 8.55. The summed E-state index contributed by atoms with van der Waals surface area (Å²) in [5.41, 5.74) is 1.59. The van der Waals surface area contributed by atoms with Gasteiger partial charge in [-0.05, 0) is 48.9 Å². The van der Waals surface area contributed by atoms with Gasteiger partial charge in [-0.1, -0.05) is 23.7 Å². The molecule has 3 rings (SSSR count).